The van der Waals surface area contributed by atoms with Crippen LogP contribution in [0.5, 0.6) is 0 Å². The summed E-state index contributed by atoms with van der Waals surface area (Å²) in [5, 5.41) is 23.7. The minimum Gasteiger partial charge on any atom is -0.462 e. The van der Waals surface area contributed by atoms with E-state index in [0.29, 0.717) is 19.3 Å². The Balaban J connectivity index is 4.65. The van der Waals surface area contributed by atoms with Gasteiger partial charge in [0, 0.05) is 6.42 Å². The van der Waals surface area contributed by atoms with Crippen molar-refractivity contribution >= 4 is 11.9 Å². The molecule has 0 saturated heterocycles. The number of aliphatic hydroxyl groups is 2. The summed E-state index contributed by atoms with van der Waals surface area (Å²) in [6.07, 6.45) is 55.6. The van der Waals surface area contributed by atoms with E-state index in [1.165, 1.54) is 103 Å². The quantitative estimate of drug-likeness (QED) is 0.0247. The Morgan fingerprint density at radius 3 is 1.50 bits per heavy atom. The second-order valence-electron chi connectivity index (χ2n) is 16.6. The molecule has 58 heavy (non-hydrogen) atoms. The molecule has 0 aromatic rings. The Bertz CT molecular complexity index is 1050. The zero-order chi connectivity index (χ0) is 42.4. The summed E-state index contributed by atoms with van der Waals surface area (Å²) in [6, 6.07) is -0.715. The summed E-state index contributed by atoms with van der Waals surface area (Å²) in [7, 11) is 0. The summed E-state index contributed by atoms with van der Waals surface area (Å²) in [6.45, 7) is 6.32. The van der Waals surface area contributed by atoms with Gasteiger partial charge in [0.1, 0.15) is 6.10 Å². The largest absolute Gasteiger partial charge is 0.462 e. The molecule has 6 nitrogen and oxygen atoms in total. The van der Waals surface area contributed by atoms with Crippen LogP contribution in [-0.2, 0) is 14.3 Å². The molecule has 1 amide bonds. The van der Waals surface area contributed by atoms with Crippen LogP contribution in [0.2, 0.25) is 0 Å². The SMILES string of the molecule is CC/C=C/C=C/C=C/C=C\CCCCCCCC(=O)OC(CCC/C=C\CCCCCCCCC)CC(=O)NC(CO)C(O)CCCCCCCCCCCCCC. The minimum atomic E-state index is -0.798. The minimum absolute atomic E-state index is 0.0458. The molecule has 0 radical (unpaired) electrons. The zero-order valence-corrected chi connectivity index (χ0v) is 38.2. The number of ether oxygens (including phenoxy) is 1. The van der Waals surface area contributed by atoms with Gasteiger partial charge < -0.3 is 20.3 Å². The third kappa shape index (κ3) is 40.3. The van der Waals surface area contributed by atoms with Crippen molar-refractivity contribution in [1.29, 1.82) is 0 Å². The van der Waals surface area contributed by atoms with Gasteiger partial charge in [-0.3, -0.25) is 9.59 Å². The van der Waals surface area contributed by atoms with Crippen molar-refractivity contribution in [3.8, 4) is 0 Å². The molecule has 0 saturated carbocycles. The van der Waals surface area contributed by atoms with Crippen LogP contribution < -0.4 is 5.32 Å². The number of carbonyl (C=O) groups excluding carboxylic acids is 2. The molecular weight excluding hydrogens is 719 g/mol. The summed E-state index contributed by atoms with van der Waals surface area (Å²) in [5.41, 5.74) is 0. The van der Waals surface area contributed by atoms with Gasteiger partial charge in [-0.15, -0.1) is 0 Å². The highest BCUT2D eigenvalue weighted by molar-refractivity contribution is 5.77. The van der Waals surface area contributed by atoms with E-state index in [1.54, 1.807) is 0 Å². The second-order valence-corrected chi connectivity index (χ2v) is 16.6. The second kappa shape index (κ2) is 45.6. The number of carbonyl (C=O) groups is 2. The fourth-order valence-electron chi connectivity index (χ4n) is 7.21. The molecule has 3 N–H and O–H groups in total. The molecule has 0 aliphatic heterocycles. The number of allylic oxidation sites excluding steroid dienone is 10. The maximum atomic E-state index is 13.2. The lowest BCUT2D eigenvalue weighted by Crippen LogP contribution is -2.46. The van der Waals surface area contributed by atoms with E-state index in [-0.39, 0.29) is 24.9 Å². The Labute approximate surface area is 358 Å². The highest BCUT2D eigenvalue weighted by Crippen LogP contribution is 2.17. The smallest absolute Gasteiger partial charge is 0.306 e. The monoisotopic (exact) mass is 812 g/mol. The Hall–Kier alpha value is -2.44. The van der Waals surface area contributed by atoms with Crippen molar-refractivity contribution in [2.24, 2.45) is 0 Å². The van der Waals surface area contributed by atoms with Gasteiger partial charge in [0.15, 0.2) is 0 Å². The summed E-state index contributed by atoms with van der Waals surface area (Å²) in [5.74, 6) is -0.530. The fraction of sp³-hybridized carbons (Fsp3) is 0.769. The van der Waals surface area contributed by atoms with Crippen LogP contribution in [0.25, 0.3) is 0 Å². The van der Waals surface area contributed by atoms with Crippen LogP contribution >= 0.6 is 0 Å². The number of unbranched alkanes of at least 4 members (excludes halogenated alkanes) is 24. The van der Waals surface area contributed by atoms with E-state index >= 15 is 0 Å². The number of hydrogen-bond donors (Lipinski definition) is 3. The molecule has 336 valence electrons. The van der Waals surface area contributed by atoms with Crippen LogP contribution in [0.4, 0.5) is 0 Å². The molecule has 3 atom stereocenters. The molecule has 0 fully saturated rings. The highest BCUT2D eigenvalue weighted by atomic mass is 16.5. The molecule has 0 spiro atoms. The van der Waals surface area contributed by atoms with Crippen LogP contribution in [0.15, 0.2) is 60.8 Å². The lowest BCUT2D eigenvalue weighted by Gasteiger charge is -2.24. The number of nitrogens with one attached hydrogen (secondary N) is 1. The van der Waals surface area contributed by atoms with E-state index in [0.717, 1.165) is 83.5 Å². The number of rotatable bonds is 43. The van der Waals surface area contributed by atoms with Crippen LogP contribution in [-0.4, -0.2) is 46.9 Å². The molecule has 6 heteroatoms. The first kappa shape index (κ1) is 55.6. The van der Waals surface area contributed by atoms with Gasteiger partial charge >= 0.3 is 5.97 Å². The third-order valence-electron chi connectivity index (χ3n) is 10.9. The summed E-state index contributed by atoms with van der Waals surface area (Å²) >= 11 is 0. The van der Waals surface area contributed by atoms with Gasteiger partial charge in [0.2, 0.25) is 5.91 Å². The predicted octanol–water partition coefficient (Wildman–Crippen LogP) is 14.5. The van der Waals surface area contributed by atoms with Gasteiger partial charge in [-0.05, 0) is 64.2 Å². The fourth-order valence-corrected chi connectivity index (χ4v) is 7.21. The lowest BCUT2D eigenvalue weighted by molar-refractivity contribution is -0.151. The first-order valence-electron chi connectivity index (χ1n) is 24.6. The van der Waals surface area contributed by atoms with Gasteiger partial charge in [0.05, 0.1) is 25.2 Å². The average Bonchev–Trinajstić information content (AvgIpc) is 3.22. The van der Waals surface area contributed by atoms with Gasteiger partial charge in [-0.1, -0.05) is 216 Å². The standard InChI is InChI=1S/C52H93NO5/c1-4-7-10-13-16-19-22-25-26-27-30-33-36-39-42-45-52(57)58-48(43-40-37-34-31-28-23-20-17-14-11-8-5-2)46-51(56)53-49(47-54)50(55)44-41-38-35-32-29-24-21-18-15-12-9-6-3/h7,10,13,16,19,22,25-26,31,34,48-50,54-55H,4-6,8-9,11-12,14-15,17-18,20-21,23-24,27-30,32-33,35-47H2,1-3H3,(H,53,56)/b10-7+,16-13+,22-19+,26-25-,34-31-. The van der Waals surface area contributed by atoms with Gasteiger partial charge in [0.25, 0.3) is 0 Å². The van der Waals surface area contributed by atoms with Crippen molar-refractivity contribution in [2.75, 3.05) is 6.61 Å². The summed E-state index contributed by atoms with van der Waals surface area (Å²) < 4.78 is 5.89. The van der Waals surface area contributed by atoms with E-state index < -0.39 is 18.2 Å². The molecule has 0 heterocycles. The number of amides is 1. The normalized spacial score (nSPS) is 13.8. The maximum Gasteiger partial charge on any atom is 0.306 e. The Kier molecular flexibility index (Phi) is 43.7. The molecule has 0 rings (SSSR count). The lowest BCUT2D eigenvalue weighted by atomic mass is 10.0. The van der Waals surface area contributed by atoms with Crippen molar-refractivity contribution in [3.05, 3.63) is 60.8 Å². The van der Waals surface area contributed by atoms with Crippen LogP contribution in [0.1, 0.15) is 233 Å². The van der Waals surface area contributed by atoms with E-state index in [2.05, 4.69) is 68.6 Å². The average molecular weight is 812 g/mol. The molecule has 0 aliphatic carbocycles. The molecule has 0 aromatic carbocycles. The molecule has 0 aliphatic rings. The Morgan fingerprint density at radius 2 is 0.966 bits per heavy atom. The number of esters is 1. The first-order chi connectivity index (χ1) is 28.5. The van der Waals surface area contributed by atoms with Gasteiger partial charge in [-0.25, -0.2) is 0 Å². The third-order valence-corrected chi connectivity index (χ3v) is 10.9. The molecular formula is C52H93NO5. The van der Waals surface area contributed by atoms with E-state index in [9.17, 15) is 19.8 Å². The highest BCUT2D eigenvalue weighted by Gasteiger charge is 2.24. The van der Waals surface area contributed by atoms with E-state index in [1.807, 2.05) is 18.2 Å². The Morgan fingerprint density at radius 1 is 0.517 bits per heavy atom. The van der Waals surface area contributed by atoms with Crippen LogP contribution in [0.3, 0.4) is 0 Å². The van der Waals surface area contributed by atoms with Crippen LogP contribution in [0, 0.1) is 0 Å². The first-order valence-corrected chi connectivity index (χ1v) is 24.6. The predicted molar refractivity (Wildman–Crippen MR) is 250 cm³/mol. The van der Waals surface area contributed by atoms with Gasteiger partial charge in [-0.2, -0.15) is 0 Å². The van der Waals surface area contributed by atoms with Crippen molar-refractivity contribution in [3.63, 3.8) is 0 Å². The topological polar surface area (TPSA) is 95.9 Å². The van der Waals surface area contributed by atoms with Crippen molar-refractivity contribution < 1.29 is 24.5 Å². The maximum absolute atomic E-state index is 13.2. The number of aliphatic hydroxyl groups excluding tert-OH is 2. The zero-order valence-electron chi connectivity index (χ0n) is 38.2. The molecule has 3 unspecified atom stereocenters. The van der Waals surface area contributed by atoms with Crippen molar-refractivity contribution in [2.45, 2.75) is 251 Å². The number of hydrogen-bond acceptors (Lipinski definition) is 5. The molecule has 0 aromatic heterocycles. The molecule has 0 bridgehead atoms. The summed E-state index contributed by atoms with van der Waals surface area (Å²) in [4.78, 5) is 26.1. The van der Waals surface area contributed by atoms with E-state index in [4.69, 9.17) is 4.74 Å². The van der Waals surface area contributed by atoms with Crippen molar-refractivity contribution in [1.82, 2.24) is 5.32 Å².